The second-order valence-electron chi connectivity index (χ2n) is 6.67. The van der Waals surface area contributed by atoms with E-state index in [0.717, 1.165) is 34.6 Å². The SMILES string of the molecule is O=c1cc(CSc2nncn2-c2ccccc2)c2cc3c(cc2o1)CCC3. The highest BCUT2D eigenvalue weighted by Crippen LogP contribution is 2.31. The van der Waals surface area contributed by atoms with Gasteiger partial charge in [-0.15, -0.1) is 10.2 Å². The third-order valence-corrected chi connectivity index (χ3v) is 5.94. The average molecular weight is 375 g/mol. The Morgan fingerprint density at radius 2 is 1.89 bits per heavy atom. The monoisotopic (exact) mass is 375 g/mol. The number of nitrogens with zero attached hydrogens (tertiary/aromatic N) is 3. The Labute approximate surface area is 160 Å². The molecule has 0 amide bonds. The minimum absolute atomic E-state index is 0.305. The number of aryl methyl sites for hydroxylation is 2. The number of hydrogen-bond donors (Lipinski definition) is 0. The summed E-state index contributed by atoms with van der Waals surface area (Å²) < 4.78 is 7.41. The standard InChI is InChI=1S/C21H17N3O2S/c25-20-11-16(18-9-14-5-4-6-15(14)10-19(18)26-20)12-27-21-23-22-13-24(21)17-7-2-1-3-8-17/h1-3,7-11,13H,4-6,12H2. The van der Waals surface area contributed by atoms with Crippen molar-refractivity contribution in [3.05, 3.63) is 82.0 Å². The van der Waals surface area contributed by atoms with Crippen LogP contribution in [0.3, 0.4) is 0 Å². The van der Waals surface area contributed by atoms with Gasteiger partial charge < -0.3 is 4.42 Å². The van der Waals surface area contributed by atoms with E-state index in [4.69, 9.17) is 4.42 Å². The molecular formula is C21H17N3O2S. The summed E-state index contributed by atoms with van der Waals surface area (Å²) in [4.78, 5) is 12.0. The molecule has 4 aromatic rings. The van der Waals surface area contributed by atoms with Crippen LogP contribution in [-0.4, -0.2) is 14.8 Å². The predicted molar refractivity (Wildman–Crippen MR) is 105 cm³/mol. The van der Waals surface area contributed by atoms with Crippen molar-refractivity contribution >= 4 is 22.7 Å². The lowest BCUT2D eigenvalue weighted by Gasteiger charge is -2.09. The molecule has 0 N–H and O–H groups in total. The zero-order valence-corrected chi connectivity index (χ0v) is 15.4. The zero-order valence-electron chi connectivity index (χ0n) is 14.6. The Morgan fingerprint density at radius 3 is 2.74 bits per heavy atom. The van der Waals surface area contributed by atoms with Gasteiger partial charge in [0.05, 0.1) is 0 Å². The van der Waals surface area contributed by atoms with Gasteiger partial charge in [0.1, 0.15) is 11.9 Å². The smallest absolute Gasteiger partial charge is 0.336 e. The van der Waals surface area contributed by atoms with E-state index in [1.165, 1.54) is 17.5 Å². The second-order valence-corrected chi connectivity index (χ2v) is 7.61. The molecule has 0 fully saturated rings. The summed E-state index contributed by atoms with van der Waals surface area (Å²) in [5, 5.41) is 10.1. The number of aromatic nitrogens is 3. The van der Waals surface area contributed by atoms with Crippen LogP contribution in [0.1, 0.15) is 23.1 Å². The van der Waals surface area contributed by atoms with Crippen LogP contribution in [0.5, 0.6) is 0 Å². The van der Waals surface area contributed by atoms with Gasteiger partial charge in [0.15, 0.2) is 5.16 Å². The molecule has 1 aliphatic carbocycles. The number of fused-ring (bicyclic) bond motifs is 2. The zero-order chi connectivity index (χ0) is 18.2. The van der Waals surface area contributed by atoms with Crippen LogP contribution in [0, 0.1) is 0 Å². The van der Waals surface area contributed by atoms with E-state index < -0.39 is 0 Å². The van der Waals surface area contributed by atoms with Crippen molar-refractivity contribution in [2.24, 2.45) is 0 Å². The van der Waals surface area contributed by atoms with Crippen LogP contribution in [0.25, 0.3) is 16.7 Å². The lowest BCUT2D eigenvalue weighted by molar-refractivity contribution is 0.559. The summed E-state index contributed by atoms with van der Waals surface area (Å²) in [6, 6.07) is 15.8. The van der Waals surface area contributed by atoms with Gasteiger partial charge in [0.25, 0.3) is 0 Å². The molecule has 1 aliphatic rings. The van der Waals surface area contributed by atoms with Crippen molar-refractivity contribution in [2.75, 3.05) is 0 Å². The molecule has 2 aromatic carbocycles. The first kappa shape index (κ1) is 16.3. The fourth-order valence-electron chi connectivity index (χ4n) is 3.64. The molecule has 0 atom stereocenters. The lowest BCUT2D eigenvalue weighted by atomic mass is 10.0. The highest BCUT2D eigenvalue weighted by molar-refractivity contribution is 7.98. The number of thioether (sulfide) groups is 1. The summed E-state index contributed by atoms with van der Waals surface area (Å²) in [5.41, 5.74) is 5.04. The molecule has 0 saturated carbocycles. The summed E-state index contributed by atoms with van der Waals surface area (Å²) >= 11 is 1.57. The molecule has 0 saturated heterocycles. The lowest BCUT2D eigenvalue weighted by Crippen LogP contribution is -2.01. The minimum Gasteiger partial charge on any atom is -0.423 e. The Kier molecular flexibility index (Phi) is 4.05. The first-order chi connectivity index (χ1) is 13.3. The summed E-state index contributed by atoms with van der Waals surface area (Å²) in [6.07, 6.45) is 5.04. The van der Waals surface area contributed by atoms with Gasteiger partial charge in [-0.05, 0) is 60.2 Å². The summed E-state index contributed by atoms with van der Waals surface area (Å²) in [6.45, 7) is 0. The van der Waals surface area contributed by atoms with Crippen LogP contribution in [0.2, 0.25) is 0 Å². The van der Waals surface area contributed by atoms with Crippen LogP contribution >= 0.6 is 11.8 Å². The average Bonchev–Trinajstić information content (AvgIpc) is 3.34. The van der Waals surface area contributed by atoms with Gasteiger partial charge in [-0.1, -0.05) is 30.0 Å². The number of rotatable bonds is 4. The Morgan fingerprint density at radius 1 is 1.07 bits per heavy atom. The Balaban J connectivity index is 1.50. The van der Waals surface area contributed by atoms with E-state index in [2.05, 4.69) is 16.3 Å². The number of benzene rings is 2. The normalized spacial score (nSPS) is 13.2. The molecule has 134 valence electrons. The first-order valence-corrected chi connectivity index (χ1v) is 9.93. The van der Waals surface area contributed by atoms with Gasteiger partial charge in [-0.3, -0.25) is 4.57 Å². The molecule has 5 nitrogen and oxygen atoms in total. The van der Waals surface area contributed by atoms with Crippen LogP contribution in [-0.2, 0) is 18.6 Å². The van der Waals surface area contributed by atoms with Crippen LogP contribution < -0.4 is 5.63 Å². The molecule has 6 heteroatoms. The minimum atomic E-state index is -0.305. The molecule has 0 unspecified atom stereocenters. The van der Waals surface area contributed by atoms with Gasteiger partial charge in [0, 0.05) is 22.9 Å². The quantitative estimate of drug-likeness (QED) is 0.396. The maximum atomic E-state index is 12.0. The predicted octanol–water partition coefficient (Wildman–Crippen LogP) is 4.15. The van der Waals surface area contributed by atoms with Crippen LogP contribution in [0.15, 0.2) is 69.2 Å². The van der Waals surface area contributed by atoms with Crippen molar-refractivity contribution in [3.8, 4) is 5.69 Å². The van der Waals surface area contributed by atoms with Crippen molar-refractivity contribution in [3.63, 3.8) is 0 Å². The molecule has 2 aromatic heterocycles. The largest absolute Gasteiger partial charge is 0.423 e. The molecule has 0 spiro atoms. The Hall–Kier alpha value is -2.86. The second kappa shape index (κ2) is 6.70. The van der Waals surface area contributed by atoms with Gasteiger partial charge >= 0.3 is 5.63 Å². The number of hydrogen-bond acceptors (Lipinski definition) is 5. The summed E-state index contributed by atoms with van der Waals surface area (Å²) in [5.74, 6) is 0.631. The topological polar surface area (TPSA) is 60.9 Å². The van der Waals surface area contributed by atoms with Crippen LogP contribution in [0.4, 0.5) is 0 Å². The third kappa shape index (κ3) is 3.06. The molecule has 0 aliphatic heterocycles. The van der Waals surface area contributed by atoms with Gasteiger partial charge in [0.2, 0.25) is 0 Å². The van der Waals surface area contributed by atoms with E-state index in [-0.39, 0.29) is 5.63 Å². The highest BCUT2D eigenvalue weighted by Gasteiger charge is 2.16. The van der Waals surface area contributed by atoms with E-state index >= 15 is 0 Å². The Bertz CT molecular complexity index is 1180. The molecular weight excluding hydrogens is 358 g/mol. The maximum absolute atomic E-state index is 12.0. The maximum Gasteiger partial charge on any atom is 0.336 e. The third-order valence-electron chi connectivity index (χ3n) is 4.95. The first-order valence-electron chi connectivity index (χ1n) is 8.95. The van der Waals surface area contributed by atoms with Crippen molar-refractivity contribution in [2.45, 2.75) is 30.2 Å². The van der Waals surface area contributed by atoms with Gasteiger partial charge in [-0.25, -0.2) is 4.79 Å². The fraction of sp³-hybridized carbons (Fsp3) is 0.190. The van der Waals surface area contributed by atoms with E-state index in [0.29, 0.717) is 11.3 Å². The van der Waals surface area contributed by atoms with E-state index in [1.54, 1.807) is 24.2 Å². The highest BCUT2D eigenvalue weighted by atomic mass is 32.2. The molecule has 5 rings (SSSR count). The van der Waals surface area contributed by atoms with E-state index in [9.17, 15) is 4.79 Å². The molecule has 2 heterocycles. The van der Waals surface area contributed by atoms with Crippen molar-refractivity contribution < 1.29 is 4.42 Å². The molecule has 27 heavy (non-hydrogen) atoms. The van der Waals surface area contributed by atoms with Crippen molar-refractivity contribution in [1.29, 1.82) is 0 Å². The van der Waals surface area contributed by atoms with Crippen molar-refractivity contribution in [1.82, 2.24) is 14.8 Å². The van der Waals surface area contributed by atoms with Gasteiger partial charge in [-0.2, -0.15) is 0 Å². The fourth-order valence-corrected chi connectivity index (χ4v) is 4.56. The van der Waals surface area contributed by atoms with E-state index in [1.807, 2.05) is 41.0 Å². The molecule has 0 bridgehead atoms. The molecule has 0 radical (unpaired) electrons. The number of para-hydroxylation sites is 1. The summed E-state index contributed by atoms with van der Waals surface area (Å²) in [7, 11) is 0.